The van der Waals surface area contributed by atoms with Gasteiger partial charge in [-0.3, -0.25) is 4.79 Å². The van der Waals surface area contributed by atoms with Gasteiger partial charge in [-0.05, 0) is 43.5 Å². The van der Waals surface area contributed by atoms with Gasteiger partial charge < -0.3 is 15.4 Å². The molecule has 1 aliphatic rings. The first-order valence-corrected chi connectivity index (χ1v) is 7.02. The highest BCUT2D eigenvalue weighted by atomic mass is 16.5. The molecule has 1 fully saturated rings. The maximum atomic E-state index is 11.7. The molecular weight excluding hydrogens is 240 g/mol. The largest absolute Gasteiger partial charge is 0.492 e. The van der Waals surface area contributed by atoms with E-state index in [0.717, 1.165) is 31.6 Å². The fourth-order valence-electron chi connectivity index (χ4n) is 2.20. The van der Waals surface area contributed by atoms with Crippen LogP contribution in [0.3, 0.4) is 0 Å². The lowest BCUT2D eigenvalue weighted by Gasteiger charge is -2.11. The number of aryl methyl sites for hydroxylation is 1. The molecule has 19 heavy (non-hydrogen) atoms. The van der Waals surface area contributed by atoms with Crippen molar-refractivity contribution >= 4 is 5.91 Å². The third-order valence-corrected chi connectivity index (χ3v) is 3.38. The Labute approximate surface area is 114 Å². The maximum Gasteiger partial charge on any atom is 0.237 e. The highest BCUT2D eigenvalue weighted by Gasteiger charge is 2.21. The molecule has 1 aromatic carbocycles. The van der Waals surface area contributed by atoms with Gasteiger partial charge >= 0.3 is 0 Å². The van der Waals surface area contributed by atoms with E-state index < -0.39 is 0 Å². The summed E-state index contributed by atoms with van der Waals surface area (Å²) in [5, 5.41) is 6.07. The molecule has 0 radical (unpaired) electrons. The molecule has 2 rings (SSSR count). The van der Waals surface area contributed by atoms with E-state index in [1.807, 2.05) is 12.1 Å². The molecule has 1 heterocycles. The van der Waals surface area contributed by atoms with Crippen molar-refractivity contribution in [2.45, 2.75) is 32.2 Å². The lowest BCUT2D eigenvalue weighted by molar-refractivity contribution is -0.122. The second-order valence-electron chi connectivity index (χ2n) is 4.79. The van der Waals surface area contributed by atoms with E-state index >= 15 is 0 Å². The summed E-state index contributed by atoms with van der Waals surface area (Å²) >= 11 is 0. The van der Waals surface area contributed by atoms with E-state index in [4.69, 9.17) is 4.74 Å². The quantitative estimate of drug-likeness (QED) is 0.764. The summed E-state index contributed by atoms with van der Waals surface area (Å²) in [5.74, 6) is 0.938. The zero-order valence-electron chi connectivity index (χ0n) is 11.4. The molecule has 0 aliphatic carbocycles. The summed E-state index contributed by atoms with van der Waals surface area (Å²) in [7, 11) is 0. The average Bonchev–Trinajstić information content (AvgIpc) is 2.98. The number of carbonyl (C=O) groups is 1. The van der Waals surface area contributed by atoms with Gasteiger partial charge in [0.15, 0.2) is 0 Å². The topological polar surface area (TPSA) is 50.4 Å². The number of rotatable bonds is 6. The molecule has 0 unspecified atom stereocenters. The molecular formula is C15H22N2O2. The van der Waals surface area contributed by atoms with E-state index in [-0.39, 0.29) is 11.9 Å². The van der Waals surface area contributed by atoms with E-state index in [1.165, 1.54) is 5.56 Å². The minimum Gasteiger partial charge on any atom is -0.492 e. The summed E-state index contributed by atoms with van der Waals surface area (Å²) in [6.07, 6.45) is 3.05. The van der Waals surface area contributed by atoms with Crippen LogP contribution >= 0.6 is 0 Å². The van der Waals surface area contributed by atoms with Crippen molar-refractivity contribution in [1.82, 2.24) is 10.6 Å². The molecule has 104 valence electrons. The fraction of sp³-hybridized carbons (Fsp3) is 0.533. The Hall–Kier alpha value is -1.55. The van der Waals surface area contributed by atoms with Gasteiger partial charge in [-0.1, -0.05) is 19.1 Å². The smallest absolute Gasteiger partial charge is 0.237 e. The molecule has 0 aromatic heterocycles. The summed E-state index contributed by atoms with van der Waals surface area (Å²) < 4.78 is 5.58. The Bertz CT molecular complexity index is 397. The highest BCUT2D eigenvalue weighted by molar-refractivity contribution is 5.81. The van der Waals surface area contributed by atoms with Gasteiger partial charge in [-0.25, -0.2) is 0 Å². The van der Waals surface area contributed by atoms with Crippen molar-refractivity contribution in [3.8, 4) is 5.75 Å². The molecule has 1 aromatic rings. The lowest BCUT2D eigenvalue weighted by atomic mass is 10.2. The zero-order chi connectivity index (χ0) is 13.5. The Kier molecular flexibility index (Phi) is 5.21. The molecule has 1 saturated heterocycles. The Morgan fingerprint density at radius 2 is 2.21 bits per heavy atom. The standard InChI is InChI=1S/C15H22N2O2/c1-2-12-5-7-13(8-6-12)19-11-10-17-15(18)14-4-3-9-16-14/h5-8,14,16H,2-4,9-11H2,1H3,(H,17,18)/t14-/m0/s1. The molecule has 4 heteroatoms. The van der Waals surface area contributed by atoms with E-state index in [1.54, 1.807) is 0 Å². The second kappa shape index (κ2) is 7.14. The Balaban J connectivity index is 1.64. The third-order valence-electron chi connectivity index (χ3n) is 3.38. The predicted molar refractivity (Wildman–Crippen MR) is 75.3 cm³/mol. The predicted octanol–water partition coefficient (Wildman–Crippen LogP) is 1.50. The minimum absolute atomic E-state index is 0.0103. The van der Waals surface area contributed by atoms with Crippen LogP contribution in [-0.4, -0.2) is 31.6 Å². The van der Waals surface area contributed by atoms with Crippen molar-refractivity contribution in [2.75, 3.05) is 19.7 Å². The number of nitrogens with one attached hydrogen (secondary N) is 2. The van der Waals surface area contributed by atoms with Crippen LogP contribution in [0.2, 0.25) is 0 Å². The maximum absolute atomic E-state index is 11.7. The van der Waals surface area contributed by atoms with Crippen molar-refractivity contribution in [3.63, 3.8) is 0 Å². The Morgan fingerprint density at radius 1 is 1.42 bits per heavy atom. The fourth-order valence-corrected chi connectivity index (χ4v) is 2.20. The molecule has 1 amide bonds. The summed E-state index contributed by atoms with van der Waals surface area (Å²) in [5.41, 5.74) is 1.30. The van der Waals surface area contributed by atoms with E-state index in [0.29, 0.717) is 13.2 Å². The first-order chi connectivity index (χ1) is 9.29. The third kappa shape index (κ3) is 4.24. The zero-order valence-corrected chi connectivity index (χ0v) is 11.4. The highest BCUT2D eigenvalue weighted by Crippen LogP contribution is 2.12. The van der Waals surface area contributed by atoms with Crippen LogP contribution in [-0.2, 0) is 11.2 Å². The van der Waals surface area contributed by atoms with Crippen LogP contribution in [0.4, 0.5) is 0 Å². The van der Waals surface area contributed by atoms with Crippen LogP contribution in [0.25, 0.3) is 0 Å². The van der Waals surface area contributed by atoms with Gasteiger partial charge in [0.05, 0.1) is 12.6 Å². The molecule has 1 atom stereocenters. The SMILES string of the molecule is CCc1ccc(OCCNC(=O)[C@@H]2CCCN2)cc1. The minimum atomic E-state index is -0.0103. The number of hydrogen-bond acceptors (Lipinski definition) is 3. The molecule has 0 spiro atoms. The lowest BCUT2D eigenvalue weighted by Crippen LogP contribution is -2.41. The van der Waals surface area contributed by atoms with Crippen LogP contribution in [0, 0.1) is 0 Å². The van der Waals surface area contributed by atoms with Crippen molar-refractivity contribution in [2.24, 2.45) is 0 Å². The van der Waals surface area contributed by atoms with Crippen molar-refractivity contribution in [3.05, 3.63) is 29.8 Å². The van der Waals surface area contributed by atoms with E-state index in [2.05, 4.69) is 29.7 Å². The van der Waals surface area contributed by atoms with Crippen LogP contribution in [0.15, 0.2) is 24.3 Å². The van der Waals surface area contributed by atoms with Gasteiger partial charge in [0.25, 0.3) is 0 Å². The normalized spacial score (nSPS) is 18.3. The van der Waals surface area contributed by atoms with Gasteiger partial charge in [-0.2, -0.15) is 0 Å². The van der Waals surface area contributed by atoms with Gasteiger partial charge in [0.1, 0.15) is 12.4 Å². The number of amides is 1. The average molecular weight is 262 g/mol. The van der Waals surface area contributed by atoms with Crippen LogP contribution in [0.5, 0.6) is 5.75 Å². The van der Waals surface area contributed by atoms with Crippen LogP contribution < -0.4 is 15.4 Å². The monoisotopic (exact) mass is 262 g/mol. The second-order valence-corrected chi connectivity index (χ2v) is 4.79. The number of hydrogen-bond donors (Lipinski definition) is 2. The summed E-state index contributed by atoms with van der Waals surface area (Å²) in [4.78, 5) is 11.7. The van der Waals surface area contributed by atoms with Crippen LogP contribution in [0.1, 0.15) is 25.3 Å². The molecule has 2 N–H and O–H groups in total. The Morgan fingerprint density at radius 3 is 2.84 bits per heavy atom. The molecule has 0 saturated carbocycles. The number of carbonyl (C=O) groups excluding carboxylic acids is 1. The number of ether oxygens (including phenoxy) is 1. The first-order valence-electron chi connectivity index (χ1n) is 7.02. The van der Waals surface area contributed by atoms with Gasteiger partial charge in [0.2, 0.25) is 5.91 Å². The number of benzene rings is 1. The molecule has 0 bridgehead atoms. The first kappa shape index (κ1) is 13.9. The molecule has 1 aliphatic heterocycles. The van der Waals surface area contributed by atoms with Crippen molar-refractivity contribution in [1.29, 1.82) is 0 Å². The van der Waals surface area contributed by atoms with Gasteiger partial charge in [-0.15, -0.1) is 0 Å². The summed E-state index contributed by atoms with van der Waals surface area (Å²) in [6.45, 7) is 4.12. The van der Waals surface area contributed by atoms with E-state index in [9.17, 15) is 4.79 Å². The van der Waals surface area contributed by atoms with Gasteiger partial charge in [0, 0.05) is 0 Å². The van der Waals surface area contributed by atoms with Crippen molar-refractivity contribution < 1.29 is 9.53 Å². The summed E-state index contributed by atoms with van der Waals surface area (Å²) in [6, 6.07) is 8.06. The molecule has 4 nitrogen and oxygen atoms in total.